The lowest BCUT2D eigenvalue weighted by Crippen LogP contribution is -3.15. The number of benzene rings is 2. The molecule has 1 fully saturated rings. The van der Waals surface area contributed by atoms with Crippen LogP contribution in [0.15, 0.2) is 54.6 Å². The molecule has 0 atom stereocenters. The number of amides is 2. The minimum Gasteiger partial charge on any atom is -0.360 e. The number of hydrogen-bond acceptors (Lipinski definition) is 5. The molecule has 1 saturated heterocycles. The number of carbonyl (C=O) groups is 2. The molecule has 0 aromatic heterocycles. The molecule has 2 aromatic carbocycles. The zero-order valence-corrected chi connectivity index (χ0v) is 16.0. The molecule has 0 aliphatic carbocycles. The number of non-ortho nitro benzene ring substituents is 1. The number of hydrogen-bond donors (Lipinski definition) is 3. The van der Waals surface area contributed by atoms with E-state index < -0.39 is 10.8 Å². The summed E-state index contributed by atoms with van der Waals surface area (Å²) in [4.78, 5) is 37.8. The summed E-state index contributed by atoms with van der Waals surface area (Å²) in [5.41, 5.74) is 6.09. The Bertz CT molecular complexity index is 849. The zero-order chi connectivity index (χ0) is 20.6. The molecule has 0 saturated carbocycles. The number of para-hydroxylation sites is 1. The van der Waals surface area contributed by atoms with Gasteiger partial charge in [0.05, 0.1) is 44.1 Å². The molecule has 2 aromatic rings. The summed E-state index contributed by atoms with van der Waals surface area (Å²) in [6, 6.07) is 15.5. The minimum absolute atomic E-state index is 0.0964. The third-order valence-electron chi connectivity index (χ3n) is 4.95. The molecule has 0 spiro atoms. The Morgan fingerprint density at radius 3 is 2.28 bits per heavy atom. The maximum absolute atomic E-state index is 12.0. The van der Waals surface area contributed by atoms with Gasteiger partial charge in [-0.3, -0.25) is 30.6 Å². The molecule has 1 aliphatic heterocycles. The van der Waals surface area contributed by atoms with E-state index in [9.17, 15) is 19.7 Å². The van der Waals surface area contributed by atoms with Crippen molar-refractivity contribution in [2.45, 2.75) is 6.42 Å². The molecule has 3 rings (SSSR count). The van der Waals surface area contributed by atoms with Gasteiger partial charge in [-0.05, 0) is 24.3 Å². The Balaban J connectivity index is 1.36. The lowest BCUT2D eigenvalue weighted by atomic mass is 10.2. The molecule has 2 amide bonds. The summed E-state index contributed by atoms with van der Waals surface area (Å²) in [6.07, 6.45) is 0.307. The van der Waals surface area contributed by atoms with E-state index in [1.165, 1.54) is 34.9 Å². The van der Waals surface area contributed by atoms with Crippen molar-refractivity contribution in [2.75, 3.05) is 37.6 Å². The summed E-state index contributed by atoms with van der Waals surface area (Å²) in [7, 11) is 0. The van der Waals surface area contributed by atoms with Crippen LogP contribution < -0.4 is 20.7 Å². The molecular weight excluding hydrogens is 374 g/mol. The van der Waals surface area contributed by atoms with Crippen molar-refractivity contribution in [1.29, 1.82) is 0 Å². The molecule has 3 N–H and O–H groups in total. The second-order valence-electron chi connectivity index (χ2n) is 6.88. The number of nitrogens with one attached hydrogen (secondary N) is 3. The lowest BCUT2D eigenvalue weighted by molar-refractivity contribution is -0.900. The minimum atomic E-state index is -0.536. The Morgan fingerprint density at radius 1 is 1.00 bits per heavy atom. The van der Waals surface area contributed by atoms with Gasteiger partial charge in [0.25, 0.3) is 11.6 Å². The molecule has 9 heteroatoms. The van der Waals surface area contributed by atoms with Crippen LogP contribution in [0.4, 0.5) is 11.4 Å². The third kappa shape index (κ3) is 5.76. The van der Waals surface area contributed by atoms with Crippen molar-refractivity contribution in [2.24, 2.45) is 0 Å². The van der Waals surface area contributed by atoms with Crippen LogP contribution in [-0.2, 0) is 4.79 Å². The van der Waals surface area contributed by atoms with E-state index in [0.29, 0.717) is 13.0 Å². The number of nitro benzene ring substituents is 1. The van der Waals surface area contributed by atoms with Gasteiger partial charge in [-0.25, -0.2) is 0 Å². The van der Waals surface area contributed by atoms with Gasteiger partial charge in [-0.15, -0.1) is 0 Å². The highest BCUT2D eigenvalue weighted by molar-refractivity contribution is 5.95. The lowest BCUT2D eigenvalue weighted by Gasteiger charge is -2.33. The number of nitro groups is 1. The van der Waals surface area contributed by atoms with Gasteiger partial charge < -0.3 is 9.80 Å². The molecule has 0 unspecified atom stereocenters. The van der Waals surface area contributed by atoms with E-state index in [2.05, 4.69) is 27.9 Å². The quantitative estimate of drug-likeness (QED) is 0.474. The van der Waals surface area contributed by atoms with Crippen molar-refractivity contribution in [3.05, 3.63) is 70.3 Å². The van der Waals surface area contributed by atoms with Crippen LogP contribution in [-0.4, -0.2) is 49.5 Å². The normalized spacial score (nSPS) is 14.3. The van der Waals surface area contributed by atoms with E-state index in [0.717, 1.165) is 26.2 Å². The first kappa shape index (κ1) is 20.3. The van der Waals surface area contributed by atoms with Crippen LogP contribution in [0.25, 0.3) is 0 Å². The number of piperazine rings is 1. The number of nitrogens with zero attached hydrogens (tertiary/aromatic N) is 2. The molecule has 9 nitrogen and oxygen atoms in total. The Morgan fingerprint density at radius 2 is 1.66 bits per heavy atom. The maximum Gasteiger partial charge on any atom is 0.269 e. The summed E-state index contributed by atoms with van der Waals surface area (Å²) in [5, 5.41) is 10.6. The van der Waals surface area contributed by atoms with Gasteiger partial charge in [-0.2, -0.15) is 0 Å². The number of carbonyl (C=O) groups excluding carboxylic acids is 2. The van der Waals surface area contributed by atoms with Crippen LogP contribution in [0.3, 0.4) is 0 Å². The highest BCUT2D eigenvalue weighted by Gasteiger charge is 2.20. The van der Waals surface area contributed by atoms with Gasteiger partial charge in [-0.1, -0.05) is 18.2 Å². The zero-order valence-electron chi connectivity index (χ0n) is 16.0. The van der Waals surface area contributed by atoms with Crippen molar-refractivity contribution in [1.82, 2.24) is 10.9 Å². The van der Waals surface area contributed by atoms with Gasteiger partial charge in [0, 0.05) is 23.4 Å². The first-order chi connectivity index (χ1) is 14.0. The molecule has 0 radical (unpaired) electrons. The highest BCUT2D eigenvalue weighted by Crippen LogP contribution is 2.12. The number of quaternary nitrogens is 1. The maximum atomic E-state index is 12.0. The number of rotatable bonds is 6. The van der Waals surface area contributed by atoms with Gasteiger partial charge in [0.15, 0.2) is 0 Å². The van der Waals surface area contributed by atoms with Crippen LogP contribution >= 0.6 is 0 Å². The number of anilines is 1. The molecule has 0 bridgehead atoms. The first-order valence-corrected chi connectivity index (χ1v) is 9.50. The summed E-state index contributed by atoms with van der Waals surface area (Å²) >= 11 is 0. The average Bonchev–Trinajstić information content (AvgIpc) is 2.77. The van der Waals surface area contributed by atoms with Crippen LogP contribution in [0, 0.1) is 10.1 Å². The van der Waals surface area contributed by atoms with Gasteiger partial charge >= 0.3 is 0 Å². The summed E-state index contributed by atoms with van der Waals surface area (Å²) in [6.45, 7) is 4.49. The fourth-order valence-corrected chi connectivity index (χ4v) is 3.26. The average molecular weight is 398 g/mol. The van der Waals surface area contributed by atoms with Gasteiger partial charge in [0.2, 0.25) is 5.91 Å². The highest BCUT2D eigenvalue weighted by atomic mass is 16.6. The van der Waals surface area contributed by atoms with Crippen LogP contribution in [0.5, 0.6) is 0 Å². The van der Waals surface area contributed by atoms with E-state index >= 15 is 0 Å². The smallest absolute Gasteiger partial charge is 0.269 e. The van der Waals surface area contributed by atoms with Crippen molar-refractivity contribution >= 4 is 23.2 Å². The van der Waals surface area contributed by atoms with E-state index in [1.54, 1.807) is 0 Å². The van der Waals surface area contributed by atoms with E-state index in [-0.39, 0.29) is 17.2 Å². The Labute approximate surface area is 168 Å². The topological polar surface area (TPSA) is 109 Å². The van der Waals surface area contributed by atoms with Crippen LogP contribution in [0.1, 0.15) is 16.8 Å². The third-order valence-corrected chi connectivity index (χ3v) is 4.95. The second kappa shape index (κ2) is 9.65. The molecule has 29 heavy (non-hydrogen) atoms. The van der Waals surface area contributed by atoms with Crippen molar-refractivity contribution < 1.29 is 19.4 Å². The molecule has 1 heterocycles. The first-order valence-electron chi connectivity index (χ1n) is 9.50. The second-order valence-corrected chi connectivity index (χ2v) is 6.88. The SMILES string of the molecule is O=C(CC[NH+]1CCN(c2ccccc2)CC1)NNC(=O)c1ccc([N+](=O)[O-])cc1. The molecular formula is C20H24N5O4+. The Hall–Kier alpha value is -3.46. The largest absolute Gasteiger partial charge is 0.360 e. The molecule has 1 aliphatic rings. The van der Waals surface area contributed by atoms with Crippen molar-refractivity contribution in [3.63, 3.8) is 0 Å². The molecule has 152 valence electrons. The predicted molar refractivity (Wildman–Crippen MR) is 108 cm³/mol. The monoisotopic (exact) mass is 398 g/mol. The van der Waals surface area contributed by atoms with Crippen LogP contribution in [0.2, 0.25) is 0 Å². The van der Waals surface area contributed by atoms with Gasteiger partial charge in [0.1, 0.15) is 0 Å². The predicted octanol–water partition coefficient (Wildman–Crippen LogP) is 0.151. The fraction of sp³-hybridized carbons (Fsp3) is 0.300. The van der Waals surface area contributed by atoms with Crippen molar-refractivity contribution in [3.8, 4) is 0 Å². The number of hydrazine groups is 1. The summed E-state index contributed by atoms with van der Waals surface area (Å²) in [5.74, 6) is -0.782. The van der Waals surface area contributed by atoms with E-state index in [1.807, 2.05) is 18.2 Å². The fourth-order valence-electron chi connectivity index (χ4n) is 3.26. The summed E-state index contributed by atoms with van der Waals surface area (Å²) < 4.78 is 0. The standard InChI is InChI=1S/C20H23N5O4/c26-19(21-22-20(27)16-6-8-18(9-7-16)25(28)29)10-11-23-12-14-24(15-13-23)17-4-2-1-3-5-17/h1-9H,10-15H2,(H,21,26)(H,22,27)/p+1. The Kier molecular flexibility index (Phi) is 6.75. The van der Waals surface area contributed by atoms with E-state index in [4.69, 9.17) is 0 Å².